The number of hydrogen-bond donors (Lipinski definition) is 2. The second kappa shape index (κ2) is 11.2. The Kier molecular flexibility index (Phi) is 10.5. The third-order valence-corrected chi connectivity index (χ3v) is 3.17. The number of nitrogens with zero attached hydrogens (tertiary/aromatic N) is 1. The first-order valence-electron chi connectivity index (χ1n) is 7.06. The predicted molar refractivity (Wildman–Crippen MR) is 98.1 cm³/mol. The molecule has 0 atom stereocenters. The van der Waals surface area contributed by atoms with E-state index in [0.29, 0.717) is 25.3 Å². The van der Waals surface area contributed by atoms with Crippen molar-refractivity contribution in [2.75, 3.05) is 33.4 Å². The molecule has 23 heavy (non-hydrogen) atoms. The molecule has 0 aliphatic rings. The quantitative estimate of drug-likeness (QED) is 0.744. The average molecular weight is 360 g/mol. The Morgan fingerprint density at radius 2 is 1.91 bits per heavy atom. The first kappa shape index (κ1) is 21.6. The number of amides is 1. The average Bonchev–Trinajstić information content (AvgIpc) is 2.50. The van der Waals surface area contributed by atoms with Crippen molar-refractivity contribution in [3.63, 3.8) is 0 Å². The van der Waals surface area contributed by atoms with E-state index in [0.717, 1.165) is 23.1 Å². The second-order valence-corrected chi connectivity index (χ2v) is 4.83. The fourth-order valence-electron chi connectivity index (χ4n) is 2.09. The third-order valence-electron chi connectivity index (χ3n) is 3.17. The number of rotatable bonds is 7. The minimum atomic E-state index is -0.0905. The lowest BCUT2D eigenvalue weighted by atomic mass is 10.1. The molecule has 0 spiro atoms. The van der Waals surface area contributed by atoms with Gasteiger partial charge in [0, 0.05) is 37.8 Å². The van der Waals surface area contributed by atoms with Gasteiger partial charge >= 0.3 is 0 Å². The van der Waals surface area contributed by atoms with Crippen molar-refractivity contribution >= 4 is 41.6 Å². The third kappa shape index (κ3) is 6.31. The van der Waals surface area contributed by atoms with Gasteiger partial charge in [0.2, 0.25) is 0 Å². The fourth-order valence-corrected chi connectivity index (χ4v) is 2.09. The molecule has 2 aromatic rings. The van der Waals surface area contributed by atoms with E-state index in [9.17, 15) is 4.79 Å². The molecular weight excluding hydrogens is 337 g/mol. The van der Waals surface area contributed by atoms with Gasteiger partial charge in [-0.05, 0) is 19.1 Å². The van der Waals surface area contributed by atoms with Crippen molar-refractivity contribution in [3.8, 4) is 0 Å². The smallest absolute Gasteiger partial charge is 0.253 e. The van der Waals surface area contributed by atoms with E-state index in [1.807, 2.05) is 37.3 Å². The summed E-state index contributed by atoms with van der Waals surface area (Å²) in [6.07, 6.45) is 0. The maximum Gasteiger partial charge on any atom is 0.253 e. The van der Waals surface area contributed by atoms with Crippen molar-refractivity contribution in [3.05, 3.63) is 41.6 Å². The van der Waals surface area contributed by atoms with Crippen LogP contribution in [0.5, 0.6) is 0 Å². The zero-order valence-corrected chi connectivity index (χ0v) is 14.9. The van der Waals surface area contributed by atoms with E-state index in [4.69, 9.17) is 4.74 Å². The molecule has 0 aliphatic carbocycles. The maximum absolute atomic E-state index is 12.3. The van der Waals surface area contributed by atoms with Crippen LogP contribution in [0, 0.1) is 6.92 Å². The zero-order chi connectivity index (χ0) is 15.1. The molecule has 0 aliphatic heterocycles. The van der Waals surface area contributed by atoms with Gasteiger partial charge < -0.3 is 15.4 Å². The highest BCUT2D eigenvalue weighted by Crippen LogP contribution is 2.17. The summed E-state index contributed by atoms with van der Waals surface area (Å²) in [5.74, 6) is -0.0905. The van der Waals surface area contributed by atoms with E-state index in [1.165, 1.54) is 0 Å². The molecule has 1 aromatic heterocycles. The normalized spacial score (nSPS) is 9.83. The van der Waals surface area contributed by atoms with Crippen LogP contribution in [-0.2, 0) is 4.74 Å². The molecule has 0 bridgehead atoms. The molecular formula is C16H23Cl2N3O2. The summed E-state index contributed by atoms with van der Waals surface area (Å²) in [4.78, 5) is 16.7. The summed E-state index contributed by atoms with van der Waals surface area (Å²) in [6.45, 7) is 4.66. The highest BCUT2D eigenvalue weighted by molar-refractivity contribution is 6.05. The van der Waals surface area contributed by atoms with E-state index >= 15 is 0 Å². The molecule has 1 heterocycles. The summed E-state index contributed by atoms with van der Waals surface area (Å²) >= 11 is 0. The molecule has 5 nitrogen and oxygen atoms in total. The first-order valence-corrected chi connectivity index (χ1v) is 7.06. The number of hydrogen-bond acceptors (Lipinski definition) is 4. The topological polar surface area (TPSA) is 63.2 Å². The molecule has 1 aromatic carbocycles. The highest BCUT2D eigenvalue weighted by atomic mass is 35.5. The van der Waals surface area contributed by atoms with Crippen LogP contribution in [-0.4, -0.2) is 44.2 Å². The van der Waals surface area contributed by atoms with E-state index < -0.39 is 0 Å². The Morgan fingerprint density at radius 1 is 1.13 bits per heavy atom. The predicted octanol–water partition coefficient (Wildman–Crippen LogP) is 2.35. The van der Waals surface area contributed by atoms with Crippen LogP contribution in [0.3, 0.4) is 0 Å². The van der Waals surface area contributed by atoms with Crippen molar-refractivity contribution in [1.82, 2.24) is 15.6 Å². The lowest BCUT2D eigenvalue weighted by molar-refractivity contribution is 0.0955. The maximum atomic E-state index is 12.3. The Morgan fingerprint density at radius 3 is 2.65 bits per heavy atom. The molecule has 0 saturated heterocycles. The monoisotopic (exact) mass is 359 g/mol. The summed E-state index contributed by atoms with van der Waals surface area (Å²) < 4.78 is 4.94. The van der Waals surface area contributed by atoms with Crippen LogP contribution in [0.4, 0.5) is 0 Å². The molecule has 2 rings (SSSR count). The number of aromatic nitrogens is 1. The summed E-state index contributed by atoms with van der Waals surface area (Å²) in [5.41, 5.74) is 2.28. The van der Waals surface area contributed by atoms with Crippen molar-refractivity contribution in [1.29, 1.82) is 0 Å². The largest absolute Gasteiger partial charge is 0.383 e. The Bertz CT molecular complexity index is 623. The van der Waals surface area contributed by atoms with E-state index in [2.05, 4.69) is 15.6 Å². The first-order chi connectivity index (χ1) is 10.2. The van der Waals surface area contributed by atoms with Crippen LogP contribution in [0.2, 0.25) is 0 Å². The molecule has 0 fully saturated rings. The van der Waals surface area contributed by atoms with E-state index in [1.54, 1.807) is 7.11 Å². The number of pyridine rings is 1. The number of halogens is 2. The number of nitrogens with one attached hydrogen (secondary N) is 2. The van der Waals surface area contributed by atoms with Crippen LogP contribution >= 0.6 is 24.8 Å². The number of carbonyl (C=O) groups excluding carboxylic acids is 1. The highest BCUT2D eigenvalue weighted by Gasteiger charge is 2.10. The number of fused-ring (bicyclic) bond motifs is 1. The molecule has 1 amide bonds. The minimum Gasteiger partial charge on any atom is -0.383 e. The summed E-state index contributed by atoms with van der Waals surface area (Å²) in [7, 11) is 1.67. The van der Waals surface area contributed by atoms with Gasteiger partial charge in [0.15, 0.2) is 0 Å². The summed E-state index contributed by atoms with van der Waals surface area (Å²) in [5, 5.41) is 7.07. The number of para-hydroxylation sites is 1. The van der Waals surface area contributed by atoms with Gasteiger partial charge in [-0.1, -0.05) is 18.2 Å². The second-order valence-electron chi connectivity index (χ2n) is 4.83. The molecule has 0 radical (unpaired) electrons. The number of ether oxygens (including phenoxy) is 1. The number of aryl methyl sites for hydroxylation is 1. The Balaban J connectivity index is 0.00000242. The molecule has 128 valence electrons. The summed E-state index contributed by atoms with van der Waals surface area (Å²) in [6, 6.07) is 9.59. The van der Waals surface area contributed by atoms with Crippen LogP contribution in [0.25, 0.3) is 10.9 Å². The minimum absolute atomic E-state index is 0. The SMILES string of the molecule is COCCNCCNC(=O)c1cccc2ccc(C)nc12.Cl.Cl. The van der Waals surface area contributed by atoms with Gasteiger partial charge in [-0.15, -0.1) is 24.8 Å². The molecule has 2 N–H and O–H groups in total. The lowest BCUT2D eigenvalue weighted by Gasteiger charge is -2.09. The van der Waals surface area contributed by atoms with Gasteiger partial charge in [-0.3, -0.25) is 9.78 Å². The van der Waals surface area contributed by atoms with Crippen molar-refractivity contribution in [2.45, 2.75) is 6.92 Å². The Hall–Kier alpha value is -1.40. The molecule has 0 unspecified atom stereocenters. The lowest BCUT2D eigenvalue weighted by Crippen LogP contribution is -2.33. The van der Waals surface area contributed by atoms with Crippen LogP contribution in [0.15, 0.2) is 30.3 Å². The number of benzene rings is 1. The standard InChI is InChI=1S/C16H21N3O2.2ClH/c1-12-6-7-13-4-3-5-14(15(13)19-12)16(20)18-9-8-17-10-11-21-2;;/h3-7,17H,8-11H2,1-2H3,(H,18,20);2*1H. The molecule has 0 saturated carbocycles. The van der Waals surface area contributed by atoms with Gasteiger partial charge in [-0.25, -0.2) is 0 Å². The Labute approximate surface area is 149 Å². The van der Waals surface area contributed by atoms with Gasteiger partial charge in [0.05, 0.1) is 17.7 Å². The van der Waals surface area contributed by atoms with Crippen LogP contribution in [0.1, 0.15) is 16.1 Å². The zero-order valence-electron chi connectivity index (χ0n) is 13.3. The van der Waals surface area contributed by atoms with Gasteiger partial charge in [0.25, 0.3) is 5.91 Å². The van der Waals surface area contributed by atoms with Crippen molar-refractivity contribution in [2.24, 2.45) is 0 Å². The van der Waals surface area contributed by atoms with Crippen LogP contribution < -0.4 is 10.6 Å². The van der Waals surface area contributed by atoms with Crippen molar-refractivity contribution < 1.29 is 9.53 Å². The number of carbonyl (C=O) groups is 1. The number of methoxy groups -OCH3 is 1. The fraction of sp³-hybridized carbons (Fsp3) is 0.375. The van der Waals surface area contributed by atoms with Gasteiger partial charge in [0.1, 0.15) is 0 Å². The van der Waals surface area contributed by atoms with Gasteiger partial charge in [-0.2, -0.15) is 0 Å². The van der Waals surface area contributed by atoms with E-state index in [-0.39, 0.29) is 30.7 Å². The molecule has 7 heteroatoms.